The number of nitrogens with zero attached hydrogens (tertiary/aromatic N) is 2. The van der Waals surface area contributed by atoms with Gasteiger partial charge >= 0.3 is 0 Å². The minimum Gasteiger partial charge on any atom is -0.339 e. The summed E-state index contributed by atoms with van der Waals surface area (Å²) >= 11 is 0. The zero-order valence-electron chi connectivity index (χ0n) is 11.0. The molecule has 5 nitrogen and oxygen atoms in total. The molecule has 0 aromatic heterocycles. The van der Waals surface area contributed by atoms with Crippen LogP contribution in [0.15, 0.2) is 24.3 Å². The van der Waals surface area contributed by atoms with E-state index in [1.807, 2.05) is 11.0 Å². The molecular formula is C15H15N3O2. The molecule has 2 fully saturated rings. The van der Waals surface area contributed by atoms with Crippen molar-refractivity contribution in [1.29, 1.82) is 5.26 Å². The van der Waals surface area contributed by atoms with Crippen molar-refractivity contribution in [1.82, 2.24) is 4.90 Å². The Morgan fingerprint density at radius 1 is 1.40 bits per heavy atom. The van der Waals surface area contributed by atoms with Crippen molar-refractivity contribution in [3.05, 3.63) is 29.8 Å². The van der Waals surface area contributed by atoms with Crippen molar-refractivity contribution in [2.24, 2.45) is 5.92 Å². The van der Waals surface area contributed by atoms with Gasteiger partial charge < -0.3 is 10.2 Å². The summed E-state index contributed by atoms with van der Waals surface area (Å²) in [7, 11) is 0. The van der Waals surface area contributed by atoms with Crippen LogP contribution in [0.2, 0.25) is 0 Å². The Hall–Kier alpha value is -2.35. The minimum absolute atomic E-state index is 0.0819. The van der Waals surface area contributed by atoms with E-state index in [-0.39, 0.29) is 17.7 Å². The van der Waals surface area contributed by atoms with Gasteiger partial charge in [-0.15, -0.1) is 0 Å². The van der Waals surface area contributed by atoms with E-state index < -0.39 is 0 Å². The highest BCUT2D eigenvalue weighted by molar-refractivity contribution is 5.97. The molecular weight excluding hydrogens is 254 g/mol. The zero-order valence-corrected chi connectivity index (χ0v) is 11.0. The molecule has 3 rings (SSSR count). The van der Waals surface area contributed by atoms with Gasteiger partial charge in [-0.1, -0.05) is 6.07 Å². The van der Waals surface area contributed by atoms with E-state index in [1.54, 1.807) is 24.3 Å². The third-order valence-electron chi connectivity index (χ3n) is 3.78. The van der Waals surface area contributed by atoms with Gasteiger partial charge in [0, 0.05) is 24.7 Å². The Morgan fingerprint density at radius 3 is 2.90 bits per heavy atom. The van der Waals surface area contributed by atoms with Gasteiger partial charge in [0.2, 0.25) is 11.8 Å². The van der Waals surface area contributed by atoms with E-state index >= 15 is 0 Å². The fraction of sp³-hybridized carbons (Fsp3) is 0.400. The van der Waals surface area contributed by atoms with Crippen LogP contribution in [0.3, 0.4) is 0 Å². The van der Waals surface area contributed by atoms with E-state index in [0.29, 0.717) is 30.3 Å². The second-order valence-electron chi connectivity index (χ2n) is 5.36. The first-order valence-electron chi connectivity index (χ1n) is 6.78. The fourth-order valence-corrected chi connectivity index (χ4v) is 2.56. The third kappa shape index (κ3) is 2.50. The molecule has 0 bridgehead atoms. The van der Waals surface area contributed by atoms with E-state index in [0.717, 1.165) is 12.8 Å². The first kappa shape index (κ1) is 12.7. The molecule has 1 N–H and O–H groups in total. The summed E-state index contributed by atoms with van der Waals surface area (Å²) in [5, 5.41) is 11.6. The maximum Gasteiger partial charge on any atom is 0.229 e. The molecule has 1 saturated heterocycles. The van der Waals surface area contributed by atoms with Gasteiger partial charge in [0.15, 0.2) is 0 Å². The van der Waals surface area contributed by atoms with Crippen molar-refractivity contribution in [3.8, 4) is 6.07 Å². The lowest BCUT2D eigenvalue weighted by molar-refractivity contribution is -0.128. The molecule has 1 aromatic carbocycles. The highest BCUT2D eigenvalue weighted by atomic mass is 16.2. The minimum atomic E-state index is -0.283. The molecule has 0 spiro atoms. The average Bonchev–Trinajstić information content (AvgIpc) is 3.21. The Bertz CT molecular complexity index is 601. The van der Waals surface area contributed by atoms with E-state index in [2.05, 4.69) is 5.32 Å². The Labute approximate surface area is 117 Å². The predicted molar refractivity (Wildman–Crippen MR) is 72.6 cm³/mol. The second-order valence-corrected chi connectivity index (χ2v) is 5.36. The van der Waals surface area contributed by atoms with E-state index in [1.165, 1.54) is 0 Å². The number of carbonyl (C=O) groups is 2. The fourth-order valence-electron chi connectivity index (χ4n) is 2.56. The van der Waals surface area contributed by atoms with Crippen LogP contribution in [0.1, 0.15) is 24.8 Å². The predicted octanol–water partition coefficient (Wildman–Crippen LogP) is 1.51. The molecule has 102 valence electrons. The van der Waals surface area contributed by atoms with Crippen molar-refractivity contribution < 1.29 is 9.59 Å². The van der Waals surface area contributed by atoms with Crippen molar-refractivity contribution in [2.45, 2.75) is 25.3 Å². The molecule has 0 unspecified atom stereocenters. The first-order chi connectivity index (χ1) is 9.67. The number of amides is 2. The molecule has 5 heteroatoms. The SMILES string of the molecule is N#Cc1cccc(NC(=O)[C@H]2CC(=O)N(C3CC3)C2)c1. The van der Waals surface area contributed by atoms with Crippen LogP contribution in [0, 0.1) is 17.2 Å². The molecule has 1 aliphatic heterocycles. The summed E-state index contributed by atoms with van der Waals surface area (Å²) in [6, 6.07) is 9.18. The summed E-state index contributed by atoms with van der Waals surface area (Å²) in [4.78, 5) is 25.8. The zero-order chi connectivity index (χ0) is 14.1. The number of anilines is 1. The molecule has 0 radical (unpaired) electrons. The summed E-state index contributed by atoms with van der Waals surface area (Å²) < 4.78 is 0. The molecule has 2 aliphatic rings. The number of nitrogens with one attached hydrogen (secondary N) is 1. The number of carbonyl (C=O) groups excluding carboxylic acids is 2. The summed E-state index contributed by atoms with van der Waals surface area (Å²) in [6.45, 7) is 0.521. The van der Waals surface area contributed by atoms with Crippen LogP contribution < -0.4 is 5.32 Å². The van der Waals surface area contributed by atoms with Gasteiger partial charge in [0.05, 0.1) is 17.6 Å². The maximum atomic E-state index is 12.2. The summed E-state index contributed by atoms with van der Waals surface area (Å²) in [6.07, 6.45) is 2.41. The largest absolute Gasteiger partial charge is 0.339 e. The highest BCUT2D eigenvalue weighted by Crippen LogP contribution is 2.32. The Kier molecular flexibility index (Phi) is 3.15. The molecule has 2 amide bonds. The number of rotatable bonds is 3. The molecule has 1 saturated carbocycles. The van der Waals surface area contributed by atoms with Gasteiger partial charge in [-0.25, -0.2) is 0 Å². The van der Waals surface area contributed by atoms with Gasteiger partial charge in [0.25, 0.3) is 0 Å². The highest BCUT2D eigenvalue weighted by Gasteiger charge is 2.41. The lowest BCUT2D eigenvalue weighted by Crippen LogP contribution is -2.29. The van der Waals surface area contributed by atoms with Crippen LogP contribution in [0.4, 0.5) is 5.69 Å². The smallest absolute Gasteiger partial charge is 0.229 e. The lowest BCUT2D eigenvalue weighted by Gasteiger charge is -2.15. The average molecular weight is 269 g/mol. The van der Waals surface area contributed by atoms with Gasteiger partial charge in [-0.3, -0.25) is 9.59 Å². The van der Waals surface area contributed by atoms with Crippen LogP contribution in [0.5, 0.6) is 0 Å². The molecule has 20 heavy (non-hydrogen) atoms. The molecule has 1 aromatic rings. The summed E-state index contributed by atoms with van der Waals surface area (Å²) in [5.74, 6) is -0.344. The Morgan fingerprint density at radius 2 is 2.20 bits per heavy atom. The van der Waals surface area contributed by atoms with Crippen LogP contribution >= 0.6 is 0 Å². The van der Waals surface area contributed by atoms with Crippen LogP contribution in [0.25, 0.3) is 0 Å². The number of likely N-dealkylation sites (tertiary alicyclic amines) is 1. The van der Waals surface area contributed by atoms with E-state index in [4.69, 9.17) is 5.26 Å². The van der Waals surface area contributed by atoms with Crippen molar-refractivity contribution in [2.75, 3.05) is 11.9 Å². The monoisotopic (exact) mass is 269 g/mol. The first-order valence-corrected chi connectivity index (χ1v) is 6.78. The molecule has 1 aliphatic carbocycles. The standard InChI is InChI=1S/C15H15N3O2/c16-8-10-2-1-3-12(6-10)17-15(20)11-7-14(19)18(9-11)13-4-5-13/h1-3,6,11,13H,4-5,7,9H2,(H,17,20)/t11-/m0/s1. The second kappa shape index (κ2) is 4.97. The van der Waals surface area contributed by atoms with Crippen LogP contribution in [-0.4, -0.2) is 29.3 Å². The van der Waals surface area contributed by atoms with E-state index in [9.17, 15) is 9.59 Å². The Balaban J connectivity index is 1.64. The normalized spacial score (nSPS) is 21.6. The third-order valence-corrected chi connectivity index (χ3v) is 3.78. The van der Waals surface area contributed by atoms with Gasteiger partial charge in [-0.2, -0.15) is 5.26 Å². The van der Waals surface area contributed by atoms with Gasteiger partial charge in [-0.05, 0) is 31.0 Å². The summed E-state index contributed by atoms with van der Waals surface area (Å²) in [5.41, 5.74) is 1.11. The number of nitriles is 1. The van der Waals surface area contributed by atoms with Crippen molar-refractivity contribution >= 4 is 17.5 Å². The van der Waals surface area contributed by atoms with Crippen molar-refractivity contribution in [3.63, 3.8) is 0 Å². The quantitative estimate of drug-likeness (QED) is 0.903. The molecule has 1 atom stereocenters. The number of hydrogen-bond donors (Lipinski definition) is 1. The maximum absolute atomic E-state index is 12.2. The number of hydrogen-bond acceptors (Lipinski definition) is 3. The lowest BCUT2D eigenvalue weighted by atomic mass is 10.1. The van der Waals surface area contributed by atoms with Gasteiger partial charge in [0.1, 0.15) is 0 Å². The number of benzene rings is 1. The topological polar surface area (TPSA) is 73.2 Å². The molecule has 1 heterocycles. The van der Waals surface area contributed by atoms with Crippen LogP contribution in [-0.2, 0) is 9.59 Å².